The third kappa shape index (κ3) is 3.67. The average Bonchev–Trinajstić information content (AvgIpc) is 2.40. The normalized spacial score (nSPS) is 11.4. The summed E-state index contributed by atoms with van der Waals surface area (Å²) in [5.41, 5.74) is 2.10. The van der Waals surface area contributed by atoms with E-state index in [1.807, 2.05) is 0 Å². The molecule has 1 aromatic carbocycles. The lowest BCUT2D eigenvalue weighted by molar-refractivity contribution is 0.303. The first kappa shape index (κ1) is 16.1. The molecule has 0 spiro atoms. The summed E-state index contributed by atoms with van der Waals surface area (Å²) in [6, 6.07) is 4.79. The van der Waals surface area contributed by atoms with E-state index in [0.717, 1.165) is 11.1 Å². The molecule has 1 aromatic heterocycles. The molecule has 2 aromatic rings. The van der Waals surface area contributed by atoms with Gasteiger partial charge in [-0.15, -0.1) is 0 Å². The van der Waals surface area contributed by atoms with E-state index in [1.165, 1.54) is 6.07 Å². The van der Waals surface area contributed by atoms with E-state index in [9.17, 15) is 8.42 Å². The van der Waals surface area contributed by atoms with Gasteiger partial charge in [0.2, 0.25) is 0 Å². The SMILES string of the molecule is Cc1c(OCc2ccncc2Cl)ccc(S(=O)(=O)Cl)c1C. The average molecular weight is 346 g/mol. The first-order chi connectivity index (χ1) is 9.80. The minimum absolute atomic E-state index is 0.0935. The predicted octanol–water partition coefficient (Wildman–Crippen LogP) is 3.86. The van der Waals surface area contributed by atoms with Gasteiger partial charge in [0.25, 0.3) is 9.05 Å². The second kappa shape index (κ2) is 6.22. The highest BCUT2D eigenvalue weighted by atomic mass is 35.7. The van der Waals surface area contributed by atoms with Crippen LogP contribution in [0.3, 0.4) is 0 Å². The van der Waals surface area contributed by atoms with E-state index in [2.05, 4.69) is 4.98 Å². The van der Waals surface area contributed by atoms with Crippen LogP contribution in [-0.2, 0) is 15.7 Å². The molecule has 0 fully saturated rings. The van der Waals surface area contributed by atoms with Crippen LogP contribution in [0.5, 0.6) is 5.75 Å². The molecule has 0 aliphatic heterocycles. The maximum atomic E-state index is 11.4. The van der Waals surface area contributed by atoms with Crippen molar-refractivity contribution in [2.45, 2.75) is 25.3 Å². The van der Waals surface area contributed by atoms with Crippen LogP contribution < -0.4 is 4.74 Å². The third-order valence-electron chi connectivity index (χ3n) is 3.19. The highest BCUT2D eigenvalue weighted by Gasteiger charge is 2.17. The molecule has 0 saturated heterocycles. The van der Waals surface area contributed by atoms with Gasteiger partial charge in [-0.3, -0.25) is 4.98 Å². The van der Waals surface area contributed by atoms with Crippen molar-refractivity contribution in [2.24, 2.45) is 0 Å². The van der Waals surface area contributed by atoms with Gasteiger partial charge in [0, 0.05) is 28.6 Å². The van der Waals surface area contributed by atoms with Gasteiger partial charge in [0.05, 0.1) is 9.92 Å². The van der Waals surface area contributed by atoms with E-state index >= 15 is 0 Å². The van der Waals surface area contributed by atoms with Gasteiger partial charge < -0.3 is 4.74 Å². The van der Waals surface area contributed by atoms with Crippen LogP contribution in [0.1, 0.15) is 16.7 Å². The van der Waals surface area contributed by atoms with Gasteiger partial charge in [-0.05, 0) is 43.2 Å². The zero-order valence-electron chi connectivity index (χ0n) is 11.4. The van der Waals surface area contributed by atoms with Gasteiger partial charge in [-0.25, -0.2) is 8.42 Å². The maximum Gasteiger partial charge on any atom is 0.261 e. The molecule has 0 unspecified atom stereocenters. The number of benzene rings is 1. The van der Waals surface area contributed by atoms with E-state index in [1.54, 1.807) is 38.4 Å². The third-order valence-corrected chi connectivity index (χ3v) is 5.00. The number of nitrogens with zero attached hydrogens (tertiary/aromatic N) is 1. The molecule has 2 rings (SSSR count). The van der Waals surface area contributed by atoms with Crippen LogP contribution in [0.15, 0.2) is 35.5 Å². The molecule has 0 saturated carbocycles. The van der Waals surface area contributed by atoms with Crippen molar-refractivity contribution >= 4 is 31.3 Å². The van der Waals surface area contributed by atoms with Crippen LogP contribution in [0.4, 0.5) is 0 Å². The summed E-state index contributed by atoms with van der Waals surface area (Å²) in [6.45, 7) is 3.75. The molecular formula is C14H13Cl2NO3S. The van der Waals surface area contributed by atoms with Crippen molar-refractivity contribution in [3.63, 3.8) is 0 Å². The van der Waals surface area contributed by atoms with Crippen molar-refractivity contribution in [3.05, 3.63) is 52.3 Å². The molecule has 0 aliphatic rings. The van der Waals surface area contributed by atoms with Crippen molar-refractivity contribution in [3.8, 4) is 5.75 Å². The number of rotatable bonds is 4. The zero-order chi connectivity index (χ0) is 15.6. The molecule has 0 radical (unpaired) electrons. The van der Waals surface area contributed by atoms with E-state index in [4.69, 9.17) is 27.0 Å². The summed E-state index contributed by atoms with van der Waals surface area (Å²) in [7, 11) is 1.63. The maximum absolute atomic E-state index is 11.4. The summed E-state index contributed by atoms with van der Waals surface area (Å²) in [5.74, 6) is 0.587. The van der Waals surface area contributed by atoms with Crippen LogP contribution >= 0.6 is 22.3 Å². The molecule has 0 atom stereocenters. The van der Waals surface area contributed by atoms with Gasteiger partial charge in [0.1, 0.15) is 12.4 Å². The Balaban J connectivity index is 2.27. The first-order valence-corrected chi connectivity index (χ1v) is 8.75. The summed E-state index contributed by atoms with van der Waals surface area (Å²) in [5, 5.41) is 0.520. The highest BCUT2D eigenvalue weighted by Crippen LogP contribution is 2.29. The molecule has 1 heterocycles. The molecule has 0 bridgehead atoms. The Hall–Kier alpha value is -1.30. The standard InChI is InChI=1S/C14H13Cl2NO3S/c1-9-10(2)14(21(16,18)19)4-3-13(9)20-8-11-5-6-17-7-12(11)15/h3-7H,8H2,1-2H3. The van der Waals surface area contributed by atoms with Gasteiger partial charge in [0.15, 0.2) is 0 Å². The van der Waals surface area contributed by atoms with Crippen LogP contribution in [0.2, 0.25) is 5.02 Å². The number of halogens is 2. The molecule has 112 valence electrons. The molecule has 7 heteroatoms. The predicted molar refractivity (Wildman–Crippen MR) is 82.5 cm³/mol. The first-order valence-electron chi connectivity index (χ1n) is 6.06. The van der Waals surface area contributed by atoms with E-state index in [-0.39, 0.29) is 11.5 Å². The van der Waals surface area contributed by atoms with Crippen molar-refractivity contribution in [2.75, 3.05) is 0 Å². The van der Waals surface area contributed by atoms with Crippen LogP contribution in [-0.4, -0.2) is 13.4 Å². The summed E-state index contributed by atoms with van der Waals surface area (Å²) in [4.78, 5) is 3.99. The largest absolute Gasteiger partial charge is 0.489 e. The van der Waals surface area contributed by atoms with Crippen molar-refractivity contribution < 1.29 is 13.2 Å². The zero-order valence-corrected chi connectivity index (χ0v) is 13.8. The number of aromatic nitrogens is 1. The summed E-state index contributed by atoms with van der Waals surface area (Å²) in [6.07, 6.45) is 3.17. The molecule has 21 heavy (non-hydrogen) atoms. The highest BCUT2D eigenvalue weighted by molar-refractivity contribution is 8.13. The Labute approximate surface area is 133 Å². The Morgan fingerprint density at radius 1 is 1.19 bits per heavy atom. The van der Waals surface area contributed by atoms with E-state index < -0.39 is 9.05 Å². The monoisotopic (exact) mass is 345 g/mol. The van der Waals surface area contributed by atoms with Gasteiger partial charge in [-0.2, -0.15) is 0 Å². The Bertz CT molecular complexity index is 776. The minimum Gasteiger partial charge on any atom is -0.489 e. The number of pyridine rings is 1. The summed E-state index contributed by atoms with van der Waals surface area (Å²) < 4.78 is 28.6. The lowest BCUT2D eigenvalue weighted by Crippen LogP contribution is -2.02. The Morgan fingerprint density at radius 3 is 2.52 bits per heavy atom. The van der Waals surface area contributed by atoms with Gasteiger partial charge >= 0.3 is 0 Å². The van der Waals surface area contributed by atoms with Crippen LogP contribution in [0, 0.1) is 13.8 Å². The fourth-order valence-corrected chi connectivity index (χ4v) is 3.29. The fourth-order valence-electron chi connectivity index (χ4n) is 1.87. The minimum atomic E-state index is -3.76. The molecule has 0 aliphatic carbocycles. The lowest BCUT2D eigenvalue weighted by Gasteiger charge is -2.13. The van der Waals surface area contributed by atoms with Crippen LogP contribution in [0.25, 0.3) is 0 Å². The molecule has 0 N–H and O–H groups in total. The molecule has 4 nitrogen and oxygen atoms in total. The summed E-state index contributed by atoms with van der Waals surface area (Å²) >= 11 is 6.01. The topological polar surface area (TPSA) is 56.3 Å². The molecule has 0 amide bonds. The second-order valence-corrected chi connectivity index (χ2v) is 7.45. The molecular weight excluding hydrogens is 333 g/mol. The van der Waals surface area contributed by atoms with Crippen molar-refractivity contribution in [1.29, 1.82) is 0 Å². The van der Waals surface area contributed by atoms with Gasteiger partial charge in [-0.1, -0.05) is 11.6 Å². The second-order valence-electron chi connectivity index (χ2n) is 4.51. The quantitative estimate of drug-likeness (QED) is 0.789. The lowest BCUT2D eigenvalue weighted by atomic mass is 10.1. The fraction of sp³-hybridized carbons (Fsp3) is 0.214. The van der Waals surface area contributed by atoms with Crippen molar-refractivity contribution in [1.82, 2.24) is 4.98 Å². The van der Waals surface area contributed by atoms with E-state index in [0.29, 0.717) is 16.3 Å². The smallest absolute Gasteiger partial charge is 0.261 e. The number of hydrogen-bond donors (Lipinski definition) is 0. The Morgan fingerprint density at radius 2 is 1.90 bits per heavy atom. The Kier molecular flexibility index (Phi) is 4.76. The number of hydrogen-bond acceptors (Lipinski definition) is 4. The number of ether oxygens (including phenoxy) is 1.